The molecule has 3 rings (SSSR count). The summed E-state index contributed by atoms with van der Waals surface area (Å²) < 4.78 is 2.05. The first-order valence-electron chi connectivity index (χ1n) is 8.88. The molecule has 7 heteroatoms. The Morgan fingerprint density at radius 1 is 1.40 bits per heavy atom. The van der Waals surface area contributed by atoms with E-state index in [4.69, 9.17) is 0 Å². The van der Waals surface area contributed by atoms with Gasteiger partial charge in [-0.05, 0) is 43.0 Å². The van der Waals surface area contributed by atoms with Gasteiger partial charge in [0.1, 0.15) is 6.33 Å². The average molecular weight is 379 g/mol. The second-order valence-electron chi connectivity index (χ2n) is 7.09. The molecule has 0 spiro atoms. The number of thioether (sulfide) groups is 1. The third kappa shape index (κ3) is 4.85. The van der Waals surface area contributed by atoms with Crippen molar-refractivity contribution in [3.63, 3.8) is 0 Å². The van der Waals surface area contributed by atoms with Gasteiger partial charge in [0.15, 0.2) is 5.16 Å². The molecule has 0 radical (unpaired) electrons. The zero-order valence-electron chi connectivity index (χ0n) is 15.1. The van der Waals surface area contributed by atoms with E-state index in [1.54, 1.807) is 17.7 Å². The minimum atomic E-state index is -0.137. The monoisotopic (exact) mass is 378 g/mol. The Bertz CT molecular complexity index is 675. The third-order valence-electron chi connectivity index (χ3n) is 4.57. The second-order valence-corrected chi connectivity index (χ2v) is 9.43. The lowest BCUT2D eigenvalue weighted by Crippen LogP contribution is -2.45. The predicted octanol–water partition coefficient (Wildman–Crippen LogP) is 3.57. The molecule has 1 fully saturated rings. The van der Waals surface area contributed by atoms with Crippen molar-refractivity contribution in [2.24, 2.45) is 11.8 Å². The maximum absolute atomic E-state index is 12.8. The highest BCUT2D eigenvalue weighted by Gasteiger charge is 2.29. The van der Waals surface area contributed by atoms with E-state index in [1.807, 2.05) is 11.8 Å². The van der Waals surface area contributed by atoms with Crippen molar-refractivity contribution in [3.05, 3.63) is 28.7 Å². The van der Waals surface area contributed by atoms with Gasteiger partial charge >= 0.3 is 0 Å². The Morgan fingerprint density at radius 2 is 2.16 bits per heavy atom. The molecule has 25 heavy (non-hydrogen) atoms. The Kier molecular flexibility index (Phi) is 6.17. The highest BCUT2D eigenvalue weighted by Crippen LogP contribution is 2.27. The summed E-state index contributed by atoms with van der Waals surface area (Å²) in [6.07, 6.45) is 3.94. The summed E-state index contributed by atoms with van der Waals surface area (Å²) in [6, 6.07) is 4.22. The van der Waals surface area contributed by atoms with Gasteiger partial charge in [-0.15, -0.1) is 21.5 Å². The summed E-state index contributed by atoms with van der Waals surface area (Å²) in [7, 11) is 0. The predicted molar refractivity (Wildman–Crippen MR) is 103 cm³/mol. The molecule has 1 aliphatic rings. The Morgan fingerprint density at radius 3 is 2.84 bits per heavy atom. The van der Waals surface area contributed by atoms with Gasteiger partial charge in [0.2, 0.25) is 5.91 Å². The van der Waals surface area contributed by atoms with Crippen LogP contribution in [0.15, 0.2) is 29.0 Å². The number of likely N-dealkylation sites (tertiary alicyclic amines) is 1. The molecule has 0 bridgehead atoms. The van der Waals surface area contributed by atoms with Crippen molar-refractivity contribution < 1.29 is 4.79 Å². The van der Waals surface area contributed by atoms with Crippen LogP contribution in [0.4, 0.5) is 0 Å². The van der Waals surface area contributed by atoms with Gasteiger partial charge in [-0.25, -0.2) is 0 Å². The van der Waals surface area contributed by atoms with Crippen LogP contribution in [0.25, 0.3) is 0 Å². The summed E-state index contributed by atoms with van der Waals surface area (Å²) in [4.78, 5) is 16.2. The van der Waals surface area contributed by atoms with Crippen LogP contribution in [0.3, 0.4) is 0 Å². The number of amides is 1. The molecular weight excluding hydrogens is 352 g/mol. The zero-order valence-corrected chi connectivity index (χ0v) is 16.7. The van der Waals surface area contributed by atoms with E-state index >= 15 is 0 Å². The number of hydrogen-bond acceptors (Lipinski definition) is 5. The first kappa shape index (κ1) is 18.5. The number of nitrogens with zero attached hydrogens (tertiary/aromatic N) is 4. The van der Waals surface area contributed by atoms with E-state index in [1.165, 1.54) is 23.1 Å². The van der Waals surface area contributed by atoms with Gasteiger partial charge in [-0.3, -0.25) is 4.79 Å². The Balaban J connectivity index is 1.58. The van der Waals surface area contributed by atoms with Crippen LogP contribution in [0, 0.1) is 11.8 Å². The minimum absolute atomic E-state index is 0.137. The highest BCUT2D eigenvalue weighted by molar-refractivity contribution is 8.00. The summed E-state index contributed by atoms with van der Waals surface area (Å²) >= 11 is 3.29. The molecule has 3 unspecified atom stereocenters. The summed E-state index contributed by atoms with van der Waals surface area (Å²) in [5.74, 6) is 1.38. The van der Waals surface area contributed by atoms with Crippen molar-refractivity contribution >= 4 is 29.0 Å². The molecule has 1 amide bonds. The van der Waals surface area contributed by atoms with Crippen molar-refractivity contribution in [1.82, 2.24) is 19.7 Å². The molecule has 5 nitrogen and oxygen atoms in total. The van der Waals surface area contributed by atoms with Crippen LogP contribution in [0.5, 0.6) is 0 Å². The molecule has 0 saturated carbocycles. The fraction of sp³-hybridized carbons (Fsp3) is 0.611. The molecule has 0 aliphatic carbocycles. The molecule has 1 saturated heterocycles. The molecule has 0 aromatic carbocycles. The Hall–Kier alpha value is -1.34. The molecular formula is C18H26N4OS2. The summed E-state index contributed by atoms with van der Waals surface area (Å²) in [5, 5.41) is 11.1. The standard InChI is InChI=1S/C18H26N4OS2/c1-13-9-14(2)11-22(10-13)17(23)15(3)25-18-20-19-12-21(18)7-6-16-5-4-8-24-16/h4-5,8,12-15H,6-7,9-11H2,1-3H3. The number of hydrogen-bond donors (Lipinski definition) is 0. The smallest absolute Gasteiger partial charge is 0.235 e. The van der Waals surface area contributed by atoms with Gasteiger partial charge in [-0.2, -0.15) is 0 Å². The van der Waals surface area contributed by atoms with Gasteiger partial charge in [0.25, 0.3) is 0 Å². The van der Waals surface area contributed by atoms with Crippen LogP contribution in [-0.4, -0.2) is 43.9 Å². The number of aromatic nitrogens is 3. The van der Waals surface area contributed by atoms with Crippen LogP contribution in [0.1, 0.15) is 32.1 Å². The van der Waals surface area contributed by atoms with Crippen LogP contribution in [0.2, 0.25) is 0 Å². The fourth-order valence-corrected chi connectivity index (χ4v) is 5.12. The number of rotatable bonds is 6. The second kappa shape index (κ2) is 8.36. The van der Waals surface area contributed by atoms with E-state index in [2.05, 4.69) is 46.1 Å². The molecule has 2 aromatic rings. The first-order valence-corrected chi connectivity index (χ1v) is 10.6. The van der Waals surface area contributed by atoms with E-state index < -0.39 is 0 Å². The number of thiophene rings is 1. The van der Waals surface area contributed by atoms with E-state index in [9.17, 15) is 4.79 Å². The number of piperidine rings is 1. The largest absolute Gasteiger partial charge is 0.341 e. The van der Waals surface area contributed by atoms with E-state index in [-0.39, 0.29) is 11.2 Å². The summed E-state index contributed by atoms with van der Waals surface area (Å²) in [6.45, 7) is 9.03. The average Bonchev–Trinajstić information content (AvgIpc) is 3.22. The highest BCUT2D eigenvalue weighted by atomic mass is 32.2. The van der Waals surface area contributed by atoms with Gasteiger partial charge in [0.05, 0.1) is 5.25 Å². The number of aryl methyl sites for hydroxylation is 2. The quantitative estimate of drug-likeness (QED) is 0.721. The Labute approximate surface area is 157 Å². The van der Waals surface area contributed by atoms with Crippen molar-refractivity contribution in [3.8, 4) is 0 Å². The van der Waals surface area contributed by atoms with E-state index in [0.717, 1.165) is 31.2 Å². The number of carbonyl (C=O) groups excluding carboxylic acids is 1. The topological polar surface area (TPSA) is 51.0 Å². The van der Waals surface area contributed by atoms with Crippen LogP contribution >= 0.6 is 23.1 Å². The molecule has 2 aromatic heterocycles. The van der Waals surface area contributed by atoms with Crippen molar-refractivity contribution in [2.45, 2.75) is 50.6 Å². The van der Waals surface area contributed by atoms with Gasteiger partial charge in [-0.1, -0.05) is 31.7 Å². The lowest BCUT2D eigenvalue weighted by molar-refractivity contribution is -0.132. The third-order valence-corrected chi connectivity index (χ3v) is 6.59. The minimum Gasteiger partial charge on any atom is -0.341 e. The maximum Gasteiger partial charge on any atom is 0.235 e. The molecule has 0 N–H and O–H groups in total. The van der Waals surface area contributed by atoms with Crippen LogP contribution in [-0.2, 0) is 17.8 Å². The van der Waals surface area contributed by atoms with Gasteiger partial charge in [0, 0.05) is 24.5 Å². The van der Waals surface area contributed by atoms with Crippen molar-refractivity contribution in [1.29, 1.82) is 0 Å². The van der Waals surface area contributed by atoms with E-state index in [0.29, 0.717) is 11.8 Å². The molecule has 3 atom stereocenters. The molecule has 136 valence electrons. The lowest BCUT2D eigenvalue weighted by atomic mass is 9.92. The maximum atomic E-state index is 12.8. The normalized spacial score (nSPS) is 22.1. The first-order chi connectivity index (χ1) is 12.0. The van der Waals surface area contributed by atoms with Crippen LogP contribution < -0.4 is 0 Å². The lowest BCUT2D eigenvalue weighted by Gasteiger charge is -2.36. The zero-order chi connectivity index (χ0) is 17.8. The molecule has 3 heterocycles. The summed E-state index contributed by atoms with van der Waals surface area (Å²) in [5.41, 5.74) is 0. The SMILES string of the molecule is CC1CC(C)CN(C(=O)C(C)Sc2nncn2CCc2cccs2)C1. The fourth-order valence-electron chi connectivity index (χ4n) is 3.48. The molecule has 1 aliphatic heterocycles. The number of carbonyl (C=O) groups is 1. The van der Waals surface area contributed by atoms with Crippen molar-refractivity contribution in [2.75, 3.05) is 13.1 Å². The van der Waals surface area contributed by atoms with Gasteiger partial charge < -0.3 is 9.47 Å².